The Hall–Kier alpha value is -3.35. The van der Waals surface area contributed by atoms with Crippen molar-refractivity contribution < 1.29 is 18.8 Å². The molecule has 0 aliphatic carbocycles. The van der Waals surface area contributed by atoms with Gasteiger partial charge in [0.05, 0.1) is 13.7 Å². The summed E-state index contributed by atoms with van der Waals surface area (Å²) in [6.45, 7) is 3.97. The fraction of sp³-hybridized carbons (Fsp3) is 0.250. The van der Waals surface area contributed by atoms with Crippen LogP contribution in [-0.2, 0) is 11.3 Å². The molecule has 1 heterocycles. The van der Waals surface area contributed by atoms with Gasteiger partial charge in [0.2, 0.25) is 11.7 Å². The molecule has 0 aliphatic heterocycles. The molecule has 3 rings (SSSR count). The van der Waals surface area contributed by atoms with Crippen LogP contribution >= 0.6 is 0 Å². The Morgan fingerprint density at radius 3 is 2.67 bits per heavy atom. The van der Waals surface area contributed by atoms with Gasteiger partial charge in [-0.25, -0.2) is 0 Å². The summed E-state index contributed by atoms with van der Waals surface area (Å²) in [7, 11) is 1.61. The average Bonchev–Trinajstić information content (AvgIpc) is 3.16. The van der Waals surface area contributed by atoms with Gasteiger partial charge >= 0.3 is 0 Å². The van der Waals surface area contributed by atoms with Crippen LogP contribution in [0.3, 0.4) is 0 Å². The summed E-state index contributed by atoms with van der Waals surface area (Å²) in [5.74, 6) is 1.96. The van der Waals surface area contributed by atoms with Gasteiger partial charge in [-0.3, -0.25) is 4.79 Å². The van der Waals surface area contributed by atoms with E-state index in [0.717, 1.165) is 22.4 Å². The first-order valence-electron chi connectivity index (χ1n) is 8.49. The Balaban J connectivity index is 1.51. The second-order valence-corrected chi connectivity index (χ2v) is 6.07. The van der Waals surface area contributed by atoms with Crippen LogP contribution in [0.4, 0.5) is 0 Å². The van der Waals surface area contributed by atoms with Gasteiger partial charge in [0.1, 0.15) is 11.5 Å². The van der Waals surface area contributed by atoms with Crippen LogP contribution in [0.5, 0.6) is 11.5 Å². The molecule has 7 heteroatoms. The highest BCUT2D eigenvalue weighted by Gasteiger charge is 2.11. The van der Waals surface area contributed by atoms with Gasteiger partial charge in [-0.15, -0.1) is 0 Å². The van der Waals surface area contributed by atoms with E-state index < -0.39 is 0 Å². The molecule has 7 nitrogen and oxygen atoms in total. The van der Waals surface area contributed by atoms with Crippen molar-refractivity contribution in [1.82, 2.24) is 15.5 Å². The molecular formula is C20H21N3O4. The molecule has 0 unspecified atom stereocenters. The van der Waals surface area contributed by atoms with E-state index in [9.17, 15) is 4.79 Å². The van der Waals surface area contributed by atoms with Gasteiger partial charge in [-0.05, 0) is 55.3 Å². The molecule has 3 aromatic rings. The van der Waals surface area contributed by atoms with Crippen LogP contribution in [0.1, 0.15) is 17.0 Å². The quantitative estimate of drug-likeness (QED) is 0.691. The van der Waals surface area contributed by atoms with Crippen molar-refractivity contribution in [3.63, 3.8) is 0 Å². The van der Waals surface area contributed by atoms with Crippen LogP contribution in [-0.4, -0.2) is 29.8 Å². The summed E-state index contributed by atoms with van der Waals surface area (Å²) >= 11 is 0. The SMILES string of the molecule is COc1ccc(-c2noc(CNC(=O)COc3cc(C)ccc3C)n2)cc1. The van der Waals surface area contributed by atoms with Crippen LogP contribution in [0.2, 0.25) is 0 Å². The Bertz CT molecular complexity index is 919. The van der Waals surface area contributed by atoms with E-state index in [1.54, 1.807) is 7.11 Å². The molecule has 0 saturated carbocycles. The fourth-order valence-electron chi connectivity index (χ4n) is 2.42. The summed E-state index contributed by atoms with van der Waals surface area (Å²) < 4.78 is 15.9. The van der Waals surface area contributed by atoms with Crippen LogP contribution in [0.25, 0.3) is 11.4 Å². The number of nitrogens with one attached hydrogen (secondary N) is 1. The lowest BCUT2D eigenvalue weighted by Gasteiger charge is -2.09. The number of carbonyl (C=O) groups is 1. The van der Waals surface area contributed by atoms with Crippen LogP contribution in [0, 0.1) is 13.8 Å². The number of nitrogens with zero attached hydrogens (tertiary/aromatic N) is 2. The molecule has 1 aromatic heterocycles. The maximum Gasteiger partial charge on any atom is 0.258 e. The lowest BCUT2D eigenvalue weighted by molar-refractivity contribution is -0.123. The predicted octanol–water partition coefficient (Wildman–Crippen LogP) is 3.06. The monoisotopic (exact) mass is 367 g/mol. The van der Waals surface area contributed by atoms with Gasteiger partial charge in [0, 0.05) is 5.56 Å². The number of hydrogen-bond donors (Lipinski definition) is 1. The van der Waals surface area contributed by atoms with Crippen molar-refractivity contribution in [3.05, 3.63) is 59.5 Å². The molecule has 27 heavy (non-hydrogen) atoms. The molecule has 1 N–H and O–H groups in total. The molecule has 0 saturated heterocycles. The number of ether oxygens (including phenoxy) is 2. The summed E-state index contributed by atoms with van der Waals surface area (Å²) in [5, 5.41) is 6.63. The topological polar surface area (TPSA) is 86.5 Å². The zero-order chi connectivity index (χ0) is 19.2. The van der Waals surface area contributed by atoms with Crippen molar-refractivity contribution in [2.24, 2.45) is 0 Å². The van der Waals surface area contributed by atoms with Crippen LogP contribution in [0.15, 0.2) is 47.0 Å². The van der Waals surface area contributed by atoms with E-state index in [1.165, 1.54) is 0 Å². The lowest BCUT2D eigenvalue weighted by Crippen LogP contribution is -2.28. The fourth-order valence-corrected chi connectivity index (χ4v) is 2.42. The lowest BCUT2D eigenvalue weighted by atomic mass is 10.1. The zero-order valence-corrected chi connectivity index (χ0v) is 15.5. The van der Waals surface area contributed by atoms with E-state index in [-0.39, 0.29) is 19.1 Å². The second kappa shape index (κ2) is 8.35. The first kappa shape index (κ1) is 18.4. The number of aromatic nitrogens is 2. The number of carbonyl (C=O) groups excluding carboxylic acids is 1. The van der Waals surface area contributed by atoms with Crippen molar-refractivity contribution >= 4 is 5.91 Å². The van der Waals surface area contributed by atoms with Crippen molar-refractivity contribution in [2.75, 3.05) is 13.7 Å². The highest BCUT2D eigenvalue weighted by Crippen LogP contribution is 2.20. The Morgan fingerprint density at radius 1 is 1.15 bits per heavy atom. The number of rotatable bonds is 7. The highest BCUT2D eigenvalue weighted by molar-refractivity contribution is 5.77. The van der Waals surface area contributed by atoms with E-state index in [2.05, 4.69) is 15.5 Å². The smallest absolute Gasteiger partial charge is 0.258 e. The molecule has 2 aromatic carbocycles. The average molecular weight is 367 g/mol. The Kier molecular flexibility index (Phi) is 5.71. The summed E-state index contributed by atoms with van der Waals surface area (Å²) in [6, 6.07) is 13.2. The summed E-state index contributed by atoms with van der Waals surface area (Å²) in [4.78, 5) is 16.3. The third-order valence-electron chi connectivity index (χ3n) is 3.96. The molecule has 1 amide bonds. The predicted molar refractivity (Wildman–Crippen MR) is 99.5 cm³/mol. The molecule has 0 spiro atoms. The molecule has 0 fully saturated rings. The molecule has 0 bridgehead atoms. The minimum absolute atomic E-state index is 0.0796. The normalized spacial score (nSPS) is 10.5. The van der Waals surface area contributed by atoms with Crippen LogP contribution < -0.4 is 14.8 Å². The van der Waals surface area contributed by atoms with E-state index in [0.29, 0.717) is 17.5 Å². The highest BCUT2D eigenvalue weighted by atomic mass is 16.5. The van der Waals surface area contributed by atoms with Gasteiger partial charge in [-0.2, -0.15) is 4.98 Å². The van der Waals surface area contributed by atoms with Gasteiger partial charge in [0.25, 0.3) is 5.91 Å². The molecule has 140 valence electrons. The van der Waals surface area contributed by atoms with Gasteiger partial charge < -0.3 is 19.3 Å². The Morgan fingerprint density at radius 2 is 1.93 bits per heavy atom. The maximum absolute atomic E-state index is 12.0. The second-order valence-electron chi connectivity index (χ2n) is 6.07. The van der Waals surface area contributed by atoms with E-state index in [1.807, 2.05) is 56.3 Å². The number of amides is 1. The number of benzene rings is 2. The molecule has 0 atom stereocenters. The van der Waals surface area contributed by atoms with Crippen molar-refractivity contribution in [2.45, 2.75) is 20.4 Å². The third-order valence-corrected chi connectivity index (χ3v) is 3.96. The van der Waals surface area contributed by atoms with E-state index in [4.69, 9.17) is 14.0 Å². The first-order chi connectivity index (χ1) is 13.0. The van der Waals surface area contributed by atoms with Gasteiger partial charge in [0.15, 0.2) is 6.61 Å². The van der Waals surface area contributed by atoms with Crippen molar-refractivity contribution in [1.29, 1.82) is 0 Å². The number of hydrogen-bond acceptors (Lipinski definition) is 6. The minimum Gasteiger partial charge on any atom is -0.497 e. The zero-order valence-electron chi connectivity index (χ0n) is 15.5. The molecule has 0 radical (unpaired) electrons. The van der Waals surface area contributed by atoms with E-state index >= 15 is 0 Å². The number of aryl methyl sites for hydroxylation is 2. The first-order valence-corrected chi connectivity index (χ1v) is 8.49. The summed E-state index contributed by atoms with van der Waals surface area (Å²) in [5.41, 5.74) is 2.86. The van der Waals surface area contributed by atoms with Crippen molar-refractivity contribution in [3.8, 4) is 22.9 Å². The minimum atomic E-state index is -0.264. The van der Waals surface area contributed by atoms with Gasteiger partial charge in [-0.1, -0.05) is 17.3 Å². The molecule has 0 aliphatic rings. The maximum atomic E-state index is 12.0. The third kappa shape index (κ3) is 4.84. The number of methoxy groups -OCH3 is 1. The Labute approximate surface area is 157 Å². The largest absolute Gasteiger partial charge is 0.497 e. The molecular weight excluding hydrogens is 346 g/mol. The standard InChI is InChI=1S/C20H21N3O4/c1-13-4-5-14(2)17(10-13)26-12-18(24)21-11-19-22-20(23-27-19)15-6-8-16(25-3)9-7-15/h4-10H,11-12H2,1-3H3,(H,21,24). The summed E-state index contributed by atoms with van der Waals surface area (Å²) in [6.07, 6.45) is 0.